The second-order valence-electron chi connectivity index (χ2n) is 4.92. The number of sulfone groups is 1. The monoisotopic (exact) mass is 310 g/mol. The van der Waals surface area contributed by atoms with E-state index < -0.39 is 9.84 Å². The molecule has 20 heavy (non-hydrogen) atoms. The fraction of sp³-hybridized carbons (Fsp3) is 0.385. The first-order chi connectivity index (χ1) is 9.46. The molecule has 106 valence electrons. The number of rotatable bonds is 1. The van der Waals surface area contributed by atoms with Crippen molar-refractivity contribution in [3.8, 4) is 0 Å². The minimum atomic E-state index is -3.00. The van der Waals surface area contributed by atoms with Crippen LogP contribution in [0.5, 0.6) is 0 Å². The van der Waals surface area contributed by atoms with Crippen LogP contribution >= 0.6 is 11.8 Å². The Morgan fingerprint density at radius 2 is 2.00 bits per heavy atom. The zero-order valence-electron chi connectivity index (χ0n) is 10.9. The van der Waals surface area contributed by atoms with Crippen molar-refractivity contribution in [2.45, 2.75) is 18.2 Å². The molecule has 2 saturated heterocycles. The Hall–Kier alpha value is -1.34. The number of nitrogens with zero attached hydrogens (tertiary/aromatic N) is 2. The molecule has 2 fully saturated rings. The SMILES string of the molecule is CC(=O)N=C1SC2CS(=O)(=O)CC2N1c1ccccc1. The fourth-order valence-electron chi connectivity index (χ4n) is 2.59. The molecule has 7 heteroatoms. The summed E-state index contributed by atoms with van der Waals surface area (Å²) in [5.41, 5.74) is 0.879. The van der Waals surface area contributed by atoms with Gasteiger partial charge < -0.3 is 4.90 Å². The van der Waals surface area contributed by atoms with E-state index in [0.29, 0.717) is 5.17 Å². The quantitative estimate of drug-likeness (QED) is 0.782. The first-order valence-electron chi connectivity index (χ1n) is 6.27. The molecule has 1 amide bonds. The smallest absolute Gasteiger partial charge is 0.244 e. The van der Waals surface area contributed by atoms with Gasteiger partial charge in [-0.3, -0.25) is 4.79 Å². The molecule has 0 bridgehead atoms. The molecule has 0 saturated carbocycles. The maximum Gasteiger partial charge on any atom is 0.244 e. The first-order valence-corrected chi connectivity index (χ1v) is 8.97. The van der Waals surface area contributed by atoms with E-state index in [1.54, 1.807) is 0 Å². The van der Waals surface area contributed by atoms with Crippen molar-refractivity contribution in [1.29, 1.82) is 0 Å². The zero-order chi connectivity index (χ0) is 14.3. The fourth-order valence-corrected chi connectivity index (χ4v) is 6.55. The number of benzene rings is 1. The third-order valence-electron chi connectivity index (χ3n) is 3.35. The lowest BCUT2D eigenvalue weighted by molar-refractivity contribution is -0.115. The van der Waals surface area contributed by atoms with E-state index in [1.807, 2.05) is 35.2 Å². The highest BCUT2D eigenvalue weighted by Crippen LogP contribution is 2.40. The second kappa shape index (κ2) is 4.89. The largest absolute Gasteiger partial charge is 0.316 e. The third kappa shape index (κ3) is 2.47. The maximum absolute atomic E-state index is 11.8. The van der Waals surface area contributed by atoms with Crippen molar-refractivity contribution >= 4 is 38.4 Å². The van der Waals surface area contributed by atoms with Crippen LogP contribution in [0.25, 0.3) is 0 Å². The van der Waals surface area contributed by atoms with Gasteiger partial charge in [0.25, 0.3) is 0 Å². The average molecular weight is 310 g/mol. The van der Waals surface area contributed by atoms with Gasteiger partial charge in [-0.05, 0) is 12.1 Å². The van der Waals surface area contributed by atoms with E-state index >= 15 is 0 Å². The lowest BCUT2D eigenvalue weighted by Crippen LogP contribution is -2.37. The molecular formula is C13H14N2O3S2. The molecule has 2 aliphatic rings. The van der Waals surface area contributed by atoms with Crippen LogP contribution in [0.3, 0.4) is 0 Å². The number of aliphatic imine (C=N–C) groups is 1. The highest BCUT2D eigenvalue weighted by molar-refractivity contribution is 8.16. The van der Waals surface area contributed by atoms with Crippen LogP contribution in [0.4, 0.5) is 5.69 Å². The lowest BCUT2D eigenvalue weighted by Gasteiger charge is -2.24. The van der Waals surface area contributed by atoms with E-state index in [0.717, 1.165) is 5.69 Å². The van der Waals surface area contributed by atoms with Gasteiger partial charge in [0.1, 0.15) is 0 Å². The van der Waals surface area contributed by atoms with Crippen molar-refractivity contribution in [1.82, 2.24) is 0 Å². The molecule has 3 rings (SSSR count). The van der Waals surface area contributed by atoms with Gasteiger partial charge in [-0.1, -0.05) is 30.0 Å². The minimum Gasteiger partial charge on any atom is -0.316 e. The molecule has 2 heterocycles. The van der Waals surface area contributed by atoms with Gasteiger partial charge in [0.05, 0.1) is 17.5 Å². The van der Waals surface area contributed by atoms with Gasteiger partial charge in [-0.15, -0.1) is 0 Å². The molecule has 0 aliphatic carbocycles. The van der Waals surface area contributed by atoms with Crippen molar-refractivity contribution in [3.05, 3.63) is 30.3 Å². The Bertz CT molecular complexity index is 670. The summed E-state index contributed by atoms with van der Waals surface area (Å²) in [6.07, 6.45) is 0. The van der Waals surface area contributed by atoms with Crippen LogP contribution < -0.4 is 4.90 Å². The van der Waals surface area contributed by atoms with Gasteiger partial charge in [0.2, 0.25) is 5.91 Å². The van der Waals surface area contributed by atoms with E-state index in [4.69, 9.17) is 0 Å². The Balaban J connectivity index is 2.03. The number of hydrogen-bond donors (Lipinski definition) is 0. The molecule has 0 N–H and O–H groups in total. The molecule has 0 spiro atoms. The Morgan fingerprint density at radius 1 is 1.30 bits per heavy atom. The normalized spacial score (nSPS) is 29.6. The molecule has 2 aliphatic heterocycles. The second-order valence-corrected chi connectivity index (χ2v) is 8.28. The van der Waals surface area contributed by atoms with Crippen molar-refractivity contribution in [2.24, 2.45) is 4.99 Å². The van der Waals surface area contributed by atoms with Crippen molar-refractivity contribution < 1.29 is 13.2 Å². The molecule has 1 aromatic rings. The van der Waals surface area contributed by atoms with Crippen LogP contribution in [0.2, 0.25) is 0 Å². The number of amidine groups is 1. The zero-order valence-corrected chi connectivity index (χ0v) is 12.5. The number of thioether (sulfide) groups is 1. The van der Waals surface area contributed by atoms with E-state index in [1.165, 1.54) is 18.7 Å². The third-order valence-corrected chi connectivity index (χ3v) is 6.56. The van der Waals surface area contributed by atoms with E-state index in [2.05, 4.69) is 4.99 Å². The van der Waals surface area contributed by atoms with Crippen molar-refractivity contribution in [2.75, 3.05) is 16.4 Å². The van der Waals surface area contributed by atoms with E-state index in [-0.39, 0.29) is 28.7 Å². The van der Waals surface area contributed by atoms with E-state index in [9.17, 15) is 13.2 Å². The summed E-state index contributed by atoms with van der Waals surface area (Å²) in [6, 6.07) is 9.36. The number of anilines is 1. The number of hydrogen-bond acceptors (Lipinski definition) is 4. The van der Waals surface area contributed by atoms with Crippen LogP contribution in [-0.4, -0.2) is 42.3 Å². The average Bonchev–Trinajstić information content (AvgIpc) is 2.80. The standard InChI is InChI=1S/C13H14N2O3S2/c1-9(16)14-13-15(10-5-3-2-4-6-10)11-7-20(17,18)8-12(11)19-13/h2-6,11-12H,7-8H2,1H3. The lowest BCUT2D eigenvalue weighted by atomic mass is 10.2. The first kappa shape index (κ1) is 13.6. The molecule has 2 unspecified atom stereocenters. The summed E-state index contributed by atoms with van der Waals surface area (Å²) in [5, 5.41) is 0.562. The maximum atomic E-state index is 11.8. The molecule has 1 aromatic carbocycles. The predicted molar refractivity (Wildman–Crippen MR) is 80.9 cm³/mol. The summed E-state index contributed by atoms with van der Waals surface area (Å²) in [4.78, 5) is 17.2. The number of fused-ring (bicyclic) bond motifs is 1. The Kier molecular flexibility index (Phi) is 3.33. The van der Waals surface area contributed by atoms with Crippen LogP contribution in [0.15, 0.2) is 35.3 Å². The Labute approximate surface area is 122 Å². The molecule has 0 aromatic heterocycles. The van der Waals surface area contributed by atoms with Gasteiger partial charge >= 0.3 is 0 Å². The minimum absolute atomic E-state index is 0.0432. The summed E-state index contributed by atoms with van der Waals surface area (Å²) in [6.45, 7) is 1.40. The van der Waals surface area contributed by atoms with Crippen LogP contribution in [0.1, 0.15) is 6.92 Å². The summed E-state index contributed by atoms with van der Waals surface area (Å²) in [5.74, 6) is 0.00951. The summed E-state index contributed by atoms with van der Waals surface area (Å²) < 4.78 is 23.6. The topological polar surface area (TPSA) is 66.8 Å². The van der Waals surface area contributed by atoms with Gasteiger partial charge in [0.15, 0.2) is 15.0 Å². The summed E-state index contributed by atoms with van der Waals surface area (Å²) >= 11 is 1.39. The molecular weight excluding hydrogens is 296 g/mol. The Morgan fingerprint density at radius 3 is 2.65 bits per heavy atom. The summed E-state index contributed by atoms with van der Waals surface area (Å²) in [7, 11) is -3.00. The number of para-hydroxylation sites is 1. The van der Waals surface area contributed by atoms with Crippen LogP contribution in [-0.2, 0) is 14.6 Å². The predicted octanol–water partition coefficient (Wildman–Crippen LogP) is 1.31. The number of carbonyl (C=O) groups excluding carboxylic acids is 1. The molecule has 5 nitrogen and oxygen atoms in total. The van der Waals surface area contributed by atoms with Crippen molar-refractivity contribution in [3.63, 3.8) is 0 Å². The highest BCUT2D eigenvalue weighted by Gasteiger charge is 2.49. The van der Waals surface area contributed by atoms with Gasteiger partial charge in [-0.2, -0.15) is 4.99 Å². The highest BCUT2D eigenvalue weighted by atomic mass is 32.2. The number of carbonyl (C=O) groups is 1. The van der Waals surface area contributed by atoms with Crippen LogP contribution in [0, 0.1) is 0 Å². The number of amides is 1. The molecule has 0 radical (unpaired) electrons. The van der Waals surface area contributed by atoms with Gasteiger partial charge in [-0.25, -0.2) is 8.42 Å². The molecule has 2 atom stereocenters. The van der Waals surface area contributed by atoms with Gasteiger partial charge in [0, 0.05) is 17.9 Å².